The second-order valence-corrected chi connectivity index (χ2v) is 5.74. The normalized spacial score (nSPS) is 17.7. The molecule has 1 N–H and O–H groups in total. The topological polar surface area (TPSA) is 46.1 Å². The molecule has 1 fully saturated rings. The van der Waals surface area contributed by atoms with E-state index < -0.39 is 0 Å². The van der Waals surface area contributed by atoms with Crippen LogP contribution in [0.15, 0.2) is 12.1 Å². The summed E-state index contributed by atoms with van der Waals surface area (Å²) in [4.78, 5) is 10.2. The van der Waals surface area contributed by atoms with Crippen LogP contribution in [0.3, 0.4) is 0 Å². The van der Waals surface area contributed by atoms with E-state index in [0.717, 1.165) is 22.5 Å². The molecule has 1 aliphatic heterocycles. The van der Waals surface area contributed by atoms with Crippen molar-refractivity contribution in [3.63, 3.8) is 0 Å². The summed E-state index contributed by atoms with van der Waals surface area (Å²) in [7, 11) is 1.63. The Balaban J connectivity index is 1.93. The number of likely N-dealkylation sites (tertiary alicyclic amines) is 1. The maximum Gasteiger partial charge on any atom is 0.215 e. The van der Waals surface area contributed by atoms with Gasteiger partial charge in [0.15, 0.2) is 10.4 Å². The number of hydrogen-bond donors (Lipinski definition) is 1. The van der Waals surface area contributed by atoms with Crippen molar-refractivity contribution in [2.75, 3.05) is 20.2 Å². The van der Waals surface area contributed by atoms with Gasteiger partial charge in [0.05, 0.1) is 12.6 Å². The number of H-pyrrole nitrogens is 1. The molecule has 6 heteroatoms. The lowest BCUT2D eigenvalue weighted by Gasteiger charge is -2.24. The molecule has 0 spiro atoms. The average Bonchev–Trinajstić information content (AvgIpc) is 3.07. The molecule has 0 saturated carbocycles. The minimum absolute atomic E-state index is 0.469. The lowest BCUT2D eigenvalue weighted by Crippen LogP contribution is -2.33. The molecular weight excluding hydrogens is 272 g/mol. The number of aromatic amines is 1. The summed E-state index contributed by atoms with van der Waals surface area (Å²) in [6.07, 6.45) is 2.60. The van der Waals surface area contributed by atoms with Crippen LogP contribution >= 0.6 is 12.2 Å². The number of nitrogens with zero attached hydrogens (tertiary/aromatic N) is 3. The van der Waals surface area contributed by atoms with E-state index in [9.17, 15) is 0 Å². The van der Waals surface area contributed by atoms with Crippen LogP contribution in [0.25, 0.3) is 11.2 Å². The quantitative estimate of drug-likeness (QED) is 0.880. The van der Waals surface area contributed by atoms with E-state index in [1.165, 1.54) is 25.9 Å². The first kappa shape index (κ1) is 13.6. The summed E-state index contributed by atoms with van der Waals surface area (Å²) < 4.78 is 8.02. The summed E-state index contributed by atoms with van der Waals surface area (Å²) in [6.45, 7) is 5.49. The molecule has 5 nitrogen and oxygen atoms in total. The highest BCUT2D eigenvalue weighted by molar-refractivity contribution is 7.71. The molecule has 0 radical (unpaired) electrons. The molecule has 2 aromatic heterocycles. The molecule has 20 heavy (non-hydrogen) atoms. The van der Waals surface area contributed by atoms with E-state index >= 15 is 0 Å². The fraction of sp³-hybridized carbons (Fsp3) is 0.571. The first-order valence-corrected chi connectivity index (χ1v) is 7.47. The summed E-state index contributed by atoms with van der Waals surface area (Å²) in [5.74, 6) is 0.620. The zero-order chi connectivity index (χ0) is 14.1. The van der Waals surface area contributed by atoms with Gasteiger partial charge in [-0.2, -0.15) is 4.98 Å². The lowest BCUT2D eigenvalue weighted by atomic mass is 10.3. The molecule has 0 bridgehead atoms. The van der Waals surface area contributed by atoms with E-state index in [2.05, 4.69) is 26.4 Å². The van der Waals surface area contributed by atoms with E-state index in [1.807, 2.05) is 12.1 Å². The fourth-order valence-corrected chi connectivity index (χ4v) is 3.13. The number of nitrogens with one attached hydrogen (secondary N) is 1. The highest BCUT2D eigenvalue weighted by atomic mass is 32.1. The van der Waals surface area contributed by atoms with E-state index in [1.54, 1.807) is 7.11 Å². The van der Waals surface area contributed by atoms with Crippen LogP contribution in [0, 0.1) is 4.77 Å². The Hall–Kier alpha value is -1.40. The monoisotopic (exact) mass is 292 g/mol. The van der Waals surface area contributed by atoms with Crippen LogP contribution in [0.1, 0.15) is 19.8 Å². The number of aromatic nitrogens is 3. The molecule has 0 aliphatic carbocycles. The van der Waals surface area contributed by atoms with Crippen molar-refractivity contribution < 1.29 is 4.74 Å². The van der Waals surface area contributed by atoms with Gasteiger partial charge in [-0.15, -0.1) is 0 Å². The maximum absolute atomic E-state index is 5.43. The Morgan fingerprint density at radius 1 is 1.40 bits per heavy atom. The molecule has 1 unspecified atom stereocenters. The maximum atomic E-state index is 5.43. The lowest BCUT2D eigenvalue weighted by molar-refractivity contribution is 0.236. The third-order valence-corrected chi connectivity index (χ3v) is 4.33. The summed E-state index contributed by atoms with van der Waals surface area (Å²) in [5, 5.41) is 0. The summed E-state index contributed by atoms with van der Waals surface area (Å²) in [5.41, 5.74) is 1.84. The summed E-state index contributed by atoms with van der Waals surface area (Å²) >= 11 is 5.43. The Morgan fingerprint density at radius 3 is 2.85 bits per heavy atom. The SMILES string of the molecule is COc1ccc2[nH]c(=S)n(CC(C)N3CCCC3)c2n1. The molecule has 2 aromatic rings. The smallest absolute Gasteiger partial charge is 0.215 e. The van der Waals surface area contributed by atoms with Crippen LogP contribution in [-0.2, 0) is 6.54 Å². The van der Waals surface area contributed by atoms with Gasteiger partial charge < -0.3 is 9.72 Å². The van der Waals surface area contributed by atoms with Crippen LogP contribution in [0.5, 0.6) is 5.88 Å². The molecule has 0 amide bonds. The second kappa shape index (κ2) is 5.54. The molecule has 1 saturated heterocycles. The zero-order valence-electron chi connectivity index (χ0n) is 11.9. The van der Waals surface area contributed by atoms with Crippen LogP contribution in [-0.4, -0.2) is 45.7 Å². The van der Waals surface area contributed by atoms with E-state index in [0.29, 0.717) is 11.9 Å². The molecule has 108 valence electrons. The predicted octanol–water partition coefficient (Wildman–Crippen LogP) is 2.59. The molecule has 3 rings (SSSR count). The van der Waals surface area contributed by atoms with Gasteiger partial charge in [-0.05, 0) is 51.1 Å². The minimum atomic E-state index is 0.469. The standard InChI is InChI=1S/C14H20N4OS/c1-10(17-7-3-4-8-17)9-18-13-11(15-14(18)20)5-6-12(16-13)19-2/h5-6,10H,3-4,7-9H2,1-2H3,(H,15,20). The van der Waals surface area contributed by atoms with Crippen molar-refractivity contribution in [3.8, 4) is 5.88 Å². The Labute approximate surface area is 123 Å². The van der Waals surface area contributed by atoms with Gasteiger partial charge in [0.1, 0.15) is 0 Å². The molecule has 1 atom stereocenters. The number of imidazole rings is 1. The zero-order valence-corrected chi connectivity index (χ0v) is 12.7. The third kappa shape index (κ3) is 2.45. The van der Waals surface area contributed by atoms with Crippen LogP contribution in [0.4, 0.5) is 0 Å². The van der Waals surface area contributed by atoms with E-state index in [4.69, 9.17) is 17.0 Å². The number of ether oxygens (including phenoxy) is 1. The van der Waals surface area contributed by atoms with Crippen molar-refractivity contribution in [2.24, 2.45) is 0 Å². The van der Waals surface area contributed by atoms with Crippen molar-refractivity contribution >= 4 is 23.4 Å². The largest absolute Gasteiger partial charge is 0.481 e. The molecule has 1 aliphatic rings. The second-order valence-electron chi connectivity index (χ2n) is 5.36. The molecule has 0 aromatic carbocycles. The third-order valence-electron chi connectivity index (χ3n) is 4.01. The van der Waals surface area contributed by atoms with Gasteiger partial charge in [-0.1, -0.05) is 0 Å². The highest BCUT2D eigenvalue weighted by Gasteiger charge is 2.19. The average molecular weight is 292 g/mol. The van der Waals surface area contributed by atoms with Crippen molar-refractivity contribution in [3.05, 3.63) is 16.9 Å². The van der Waals surface area contributed by atoms with Crippen molar-refractivity contribution in [1.82, 2.24) is 19.4 Å². The van der Waals surface area contributed by atoms with Crippen molar-refractivity contribution in [1.29, 1.82) is 0 Å². The number of fused-ring (bicyclic) bond motifs is 1. The first-order valence-electron chi connectivity index (χ1n) is 7.06. The minimum Gasteiger partial charge on any atom is -0.481 e. The predicted molar refractivity (Wildman–Crippen MR) is 81.7 cm³/mol. The number of hydrogen-bond acceptors (Lipinski definition) is 4. The first-order chi connectivity index (χ1) is 9.69. The Kier molecular flexibility index (Phi) is 3.76. The molecule has 3 heterocycles. The van der Waals surface area contributed by atoms with Gasteiger partial charge in [-0.3, -0.25) is 9.47 Å². The van der Waals surface area contributed by atoms with Crippen molar-refractivity contribution in [2.45, 2.75) is 32.4 Å². The highest BCUT2D eigenvalue weighted by Crippen LogP contribution is 2.19. The Bertz CT molecular complexity index is 657. The van der Waals surface area contributed by atoms with Gasteiger partial charge >= 0.3 is 0 Å². The number of methoxy groups -OCH3 is 1. The summed E-state index contributed by atoms with van der Waals surface area (Å²) in [6, 6.07) is 4.28. The fourth-order valence-electron chi connectivity index (χ4n) is 2.86. The Morgan fingerprint density at radius 2 is 2.15 bits per heavy atom. The van der Waals surface area contributed by atoms with Gasteiger partial charge in [0.2, 0.25) is 5.88 Å². The van der Waals surface area contributed by atoms with Gasteiger partial charge in [-0.25, -0.2) is 0 Å². The van der Waals surface area contributed by atoms with Gasteiger partial charge in [0.25, 0.3) is 0 Å². The number of pyridine rings is 1. The van der Waals surface area contributed by atoms with Gasteiger partial charge in [0, 0.05) is 18.7 Å². The van der Waals surface area contributed by atoms with E-state index in [-0.39, 0.29) is 0 Å². The van der Waals surface area contributed by atoms with Crippen LogP contribution < -0.4 is 4.74 Å². The number of rotatable bonds is 4. The molecular formula is C14H20N4OS. The van der Waals surface area contributed by atoms with Crippen LogP contribution in [0.2, 0.25) is 0 Å².